The lowest BCUT2D eigenvalue weighted by molar-refractivity contribution is -0.118. The summed E-state index contributed by atoms with van der Waals surface area (Å²) in [5, 5.41) is 2.95. The Balaban J connectivity index is 1.49. The zero-order chi connectivity index (χ0) is 19.7. The van der Waals surface area contributed by atoms with Crippen LogP contribution in [0.25, 0.3) is 10.4 Å². The second-order valence-corrected chi connectivity index (χ2v) is 8.37. The van der Waals surface area contributed by atoms with Crippen LogP contribution in [0.3, 0.4) is 0 Å². The number of fused-ring (bicyclic) bond motifs is 1. The molecule has 4 nitrogen and oxygen atoms in total. The second-order valence-electron chi connectivity index (χ2n) is 7.29. The van der Waals surface area contributed by atoms with Crippen LogP contribution in [0.1, 0.15) is 47.8 Å². The summed E-state index contributed by atoms with van der Waals surface area (Å²) in [4.78, 5) is 25.3. The predicted molar refractivity (Wildman–Crippen MR) is 107 cm³/mol. The van der Waals surface area contributed by atoms with E-state index in [2.05, 4.69) is 5.32 Å². The lowest BCUT2D eigenvalue weighted by Crippen LogP contribution is -2.35. The number of nitrogens with one attached hydrogen (secondary N) is 1. The summed E-state index contributed by atoms with van der Waals surface area (Å²) in [6, 6.07) is 6.51. The second kappa shape index (κ2) is 7.87. The van der Waals surface area contributed by atoms with Crippen LogP contribution in [-0.4, -0.2) is 24.3 Å². The number of hydrogen-bond acceptors (Lipinski definition) is 4. The quantitative estimate of drug-likeness (QED) is 0.743. The van der Waals surface area contributed by atoms with Crippen molar-refractivity contribution in [1.29, 1.82) is 0 Å². The molecule has 1 aliphatic carbocycles. The van der Waals surface area contributed by atoms with Crippen LogP contribution in [0.2, 0.25) is 0 Å². The Bertz CT molecular complexity index is 963. The maximum absolute atomic E-state index is 14.2. The third-order valence-electron chi connectivity index (χ3n) is 5.15. The van der Waals surface area contributed by atoms with Crippen molar-refractivity contribution >= 4 is 23.0 Å². The van der Waals surface area contributed by atoms with Gasteiger partial charge < -0.3 is 10.1 Å². The number of ether oxygens (including phenoxy) is 1. The van der Waals surface area contributed by atoms with Gasteiger partial charge in [-0.05, 0) is 56.9 Å². The van der Waals surface area contributed by atoms with Crippen LogP contribution in [0, 0.1) is 5.82 Å². The molecule has 28 heavy (non-hydrogen) atoms. The Hall–Kier alpha value is -2.47. The van der Waals surface area contributed by atoms with Gasteiger partial charge in [-0.3, -0.25) is 9.59 Å². The molecule has 4 rings (SSSR count). The molecule has 1 aromatic heterocycles. The van der Waals surface area contributed by atoms with Gasteiger partial charge in [0.25, 0.3) is 0 Å². The number of thiophene rings is 1. The SMILES string of the molecule is CC(=O)c1ccc(-c2cc(F)cc3c2O[C@@H](CNC(=O)C2=CCCCC2)C3)s1. The molecule has 0 fully saturated rings. The molecular formula is C22H22FNO3S. The number of rotatable bonds is 5. The van der Waals surface area contributed by atoms with E-state index in [4.69, 9.17) is 4.74 Å². The van der Waals surface area contributed by atoms with E-state index < -0.39 is 0 Å². The number of benzene rings is 1. The van der Waals surface area contributed by atoms with Crippen LogP contribution in [0.5, 0.6) is 5.75 Å². The Morgan fingerprint density at radius 1 is 1.29 bits per heavy atom. The highest BCUT2D eigenvalue weighted by Crippen LogP contribution is 2.42. The fraction of sp³-hybridized carbons (Fsp3) is 0.364. The zero-order valence-corrected chi connectivity index (χ0v) is 16.5. The Labute approximate surface area is 167 Å². The molecule has 2 aliphatic rings. The van der Waals surface area contributed by atoms with Crippen molar-refractivity contribution in [3.8, 4) is 16.2 Å². The monoisotopic (exact) mass is 399 g/mol. The topological polar surface area (TPSA) is 55.4 Å². The van der Waals surface area contributed by atoms with E-state index in [1.165, 1.54) is 30.4 Å². The molecule has 0 radical (unpaired) electrons. The summed E-state index contributed by atoms with van der Waals surface area (Å²) >= 11 is 1.33. The van der Waals surface area contributed by atoms with Crippen molar-refractivity contribution in [2.75, 3.05) is 6.54 Å². The molecule has 1 aromatic carbocycles. The molecule has 0 spiro atoms. The van der Waals surface area contributed by atoms with Crippen LogP contribution < -0.4 is 10.1 Å². The number of ketones is 1. The summed E-state index contributed by atoms with van der Waals surface area (Å²) in [5.74, 6) is 0.277. The summed E-state index contributed by atoms with van der Waals surface area (Å²) in [6.45, 7) is 1.90. The van der Waals surface area contributed by atoms with Gasteiger partial charge in [0.2, 0.25) is 5.91 Å². The number of amides is 1. The fourth-order valence-corrected chi connectivity index (χ4v) is 4.64. The van der Waals surface area contributed by atoms with E-state index in [1.807, 2.05) is 12.1 Å². The van der Waals surface area contributed by atoms with Gasteiger partial charge in [-0.2, -0.15) is 0 Å². The van der Waals surface area contributed by atoms with Gasteiger partial charge in [0, 0.05) is 28.0 Å². The maximum Gasteiger partial charge on any atom is 0.247 e. The Morgan fingerprint density at radius 2 is 2.14 bits per heavy atom. The average molecular weight is 399 g/mol. The molecule has 1 N–H and O–H groups in total. The molecule has 2 aromatic rings. The van der Waals surface area contributed by atoms with Crippen molar-refractivity contribution in [2.45, 2.75) is 45.1 Å². The molecule has 2 heterocycles. The van der Waals surface area contributed by atoms with Gasteiger partial charge in [0.15, 0.2) is 5.78 Å². The van der Waals surface area contributed by atoms with Crippen LogP contribution in [0.4, 0.5) is 4.39 Å². The highest BCUT2D eigenvalue weighted by Gasteiger charge is 2.28. The molecular weight excluding hydrogens is 377 g/mol. The zero-order valence-electron chi connectivity index (χ0n) is 15.7. The van der Waals surface area contributed by atoms with Crippen LogP contribution >= 0.6 is 11.3 Å². The minimum atomic E-state index is -0.327. The summed E-state index contributed by atoms with van der Waals surface area (Å²) in [7, 11) is 0. The van der Waals surface area contributed by atoms with Crippen molar-refractivity contribution < 1.29 is 18.7 Å². The Kier molecular flexibility index (Phi) is 5.31. The molecule has 6 heteroatoms. The predicted octanol–water partition coefficient (Wildman–Crippen LogP) is 4.68. The minimum absolute atomic E-state index is 0.0113. The smallest absolute Gasteiger partial charge is 0.247 e. The van der Waals surface area contributed by atoms with E-state index in [9.17, 15) is 14.0 Å². The molecule has 0 saturated heterocycles. The van der Waals surface area contributed by atoms with Gasteiger partial charge >= 0.3 is 0 Å². The first kappa shape index (κ1) is 18.9. The Morgan fingerprint density at radius 3 is 2.86 bits per heavy atom. The highest BCUT2D eigenvalue weighted by atomic mass is 32.1. The van der Waals surface area contributed by atoms with Crippen molar-refractivity contribution in [2.24, 2.45) is 0 Å². The van der Waals surface area contributed by atoms with Gasteiger partial charge in [-0.25, -0.2) is 4.39 Å². The molecule has 146 valence electrons. The first-order chi connectivity index (χ1) is 13.5. The first-order valence-electron chi connectivity index (χ1n) is 9.58. The van der Waals surface area contributed by atoms with E-state index in [-0.39, 0.29) is 23.6 Å². The summed E-state index contributed by atoms with van der Waals surface area (Å²) in [6.07, 6.45) is 6.31. The lowest BCUT2D eigenvalue weighted by Gasteiger charge is -2.16. The van der Waals surface area contributed by atoms with E-state index in [0.29, 0.717) is 29.2 Å². The molecule has 0 unspecified atom stereocenters. The van der Waals surface area contributed by atoms with E-state index >= 15 is 0 Å². The van der Waals surface area contributed by atoms with Crippen molar-refractivity contribution in [3.05, 3.63) is 52.2 Å². The molecule has 0 saturated carbocycles. The number of carbonyl (C=O) groups is 2. The highest BCUT2D eigenvalue weighted by molar-refractivity contribution is 7.17. The van der Waals surface area contributed by atoms with Crippen molar-refractivity contribution in [1.82, 2.24) is 5.32 Å². The summed E-state index contributed by atoms with van der Waals surface area (Å²) in [5.41, 5.74) is 2.31. The molecule has 1 aliphatic heterocycles. The number of carbonyl (C=O) groups excluding carboxylic acids is 2. The van der Waals surface area contributed by atoms with Gasteiger partial charge in [0.05, 0.1) is 11.4 Å². The van der Waals surface area contributed by atoms with Crippen molar-refractivity contribution in [3.63, 3.8) is 0 Å². The third kappa shape index (κ3) is 3.87. The average Bonchev–Trinajstić information content (AvgIpc) is 3.33. The van der Waals surface area contributed by atoms with Gasteiger partial charge in [-0.15, -0.1) is 11.3 Å². The lowest BCUT2D eigenvalue weighted by atomic mass is 9.99. The number of hydrogen-bond donors (Lipinski definition) is 1. The van der Waals surface area contributed by atoms with Crippen LogP contribution in [-0.2, 0) is 11.2 Å². The van der Waals surface area contributed by atoms with Crippen LogP contribution in [0.15, 0.2) is 35.9 Å². The maximum atomic E-state index is 14.2. The fourth-order valence-electron chi connectivity index (χ4n) is 3.73. The van der Waals surface area contributed by atoms with Gasteiger partial charge in [-0.1, -0.05) is 6.08 Å². The van der Waals surface area contributed by atoms with E-state index in [1.54, 1.807) is 6.07 Å². The number of Topliss-reactive ketones (excluding diaryl/α,β-unsaturated/α-hetero) is 1. The molecule has 1 atom stereocenters. The number of allylic oxidation sites excluding steroid dienone is 1. The number of halogens is 1. The summed E-state index contributed by atoms with van der Waals surface area (Å²) < 4.78 is 20.2. The third-order valence-corrected chi connectivity index (χ3v) is 6.37. The minimum Gasteiger partial charge on any atom is -0.487 e. The van der Waals surface area contributed by atoms with Gasteiger partial charge in [0.1, 0.15) is 17.7 Å². The first-order valence-corrected chi connectivity index (χ1v) is 10.4. The normalized spacial score (nSPS) is 18.2. The largest absolute Gasteiger partial charge is 0.487 e. The van der Waals surface area contributed by atoms with E-state index in [0.717, 1.165) is 41.7 Å². The standard InChI is InChI=1S/C22H22FNO3S/c1-13(25)19-7-8-20(28-19)18-11-16(23)9-15-10-17(27-21(15)18)12-24-22(26)14-5-3-2-4-6-14/h5,7-9,11,17H,2-4,6,10,12H2,1H3,(H,24,26)/t17-/m1/s1. The molecule has 1 amide bonds. The molecule has 0 bridgehead atoms.